The molecule has 0 N–H and O–H groups in total. The van der Waals surface area contributed by atoms with Gasteiger partial charge in [0, 0.05) is 18.0 Å². The van der Waals surface area contributed by atoms with E-state index in [2.05, 4.69) is 25.3 Å². The molecule has 0 unspecified atom stereocenters. The first-order valence-electron chi connectivity index (χ1n) is 5.40. The number of imidazole rings is 1. The highest BCUT2D eigenvalue weighted by Gasteiger charge is 2.29. The molecule has 1 fully saturated rings. The summed E-state index contributed by atoms with van der Waals surface area (Å²) in [5.74, 6) is 1.67. The maximum absolute atomic E-state index is 10.7. The molecule has 3 rings (SSSR count). The summed E-state index contributed by atoms with van der Waals surface area (Å²) in [5, 5.41) is 0. The van der Waals surface area contributed by atoms with Gasteiger partial charge in [0.15, 0.2) is 0 Å². The largest absolute Gasteiger partial charge is 0.303 e. The minimum atomic E-state index is 0.444. The molecule has 1 aliphatic carbocycles. The Morgan fingerprint density at radius 3 is 3.00 bits per heavy atom. The molecule has 0 aliphatic heterocycles. The number of rotatable bonds is 3. The average molecular weight is 279 g/mol. The fourth-order valence-corrected chi connectivity index (χ4v) is 2.54. The van der Waals surface area contributed by atoms with Gasteiger partial charge in [-0.25, -0.2) is 4.98 Å². The second-order valence-electron chi connectivity index (χ2n) is 4.14. The van der Waals surface area contributed by atoms with Crippen molar-refractivity contribution in [2.75, 3.05) is 0 Å². The molecule has 0 atom stereocenters. The quantitative estimate of drug-likeness (QED) is 0.809. The van der Waals surface area contributed by atoms with E-state index in [4.69, 9.17) is 0 Å². The minimum absolute atomic E-state index is 0.444. The van der Waals surface area contributed by atoms with E-state index < -0.39 is 0 Å². The predicted octanol–water partition coefficient (Wildman–Crippen LogP) is 2.72. The number of hydrogen-bond donors (Lipinski definition) is 0. The van der Waals surface area contributed by atoms with E-state index in [-0.39, 0.29) is 0 Å². The standard InChI is InChI=1S/C12H11BrN2O/c13-11-10-3-1-2-9(6-7-16)15(10)12(14-11)8-4-5-8/h1-3,7-8H,4-6H2. The molecule has 0 saturated heterocycles. The van der Waals surface area contributed by atoms with Crippen molar-refractivity contribution >= 4 is 27.7 Å². The molecule has 0 amide bonds. The van der Waals surface area contributed by atoms with Gasteiger partial charge in [-0.2, -0.15) is 0 Å². The maximum Gasteiger partial charge on any atom is 0.132 e. The molecular weight excluding hydrogens is 268 g/mol. The van der Waals surface area contributed by atoms with Crippen LogP contribution in [-0.4, -0.2) is 15.7 Å². The molecule has 1 saturated carbocycles. The summed E-state index contributed by atoms with van der Waals surface area (Å²) in [7, 11) is 0. The summed E-state index contributed by atoms with van der Waals surface area (Å²) in [6.07, 6.45) is 3.81. The predicted molar refractivity (Wildman–Crippen MR) is 64.6 cm³/mol. The second kappa shape index (κ2) is 3.70. The van der Waals surface area contributed by atoms with Gasteiger partial charge >= 0.3 is 0 Å². The van der Waals surface area contributed by atoms with Crippen LogP contribution in [-0.2, 0) is 11.2 Å². The van der Waals surface area contributed by atoms with Crippen LogP contribution in [0.2, 0.25) is 0 Å². The van der Waals surface area contributed by atoms with Crippen LogP contribution in [0.4, 0.5) is 0 Å². The second-order valence-corrected chi connectivity index (χ2v) is 4.89. The van der Waals surface area contributed by atoms with Crippen LogP contribution < -0.4 is 0 Å². The zero-order valence-corrected chi connectivity index (χ0v) is 10.3. The summed E-state index contributed by atoms with van der Waals surface area (Å²) >= 11 is 3.48. The molecule has 2 aromatic heterocycles. The molecule has 0 bridgehead atoms. The van der Waals surface area contributed by atoms with E-state index in [1.807, 2.05) is 18.2 Å². The molecule has 0 spiro atoms. The first-order chi connectivity index (χ1) is 7.81. The van der Waals surface area contributed by atoms with Crippen LogP contribution >= 0.6 is 15.9 Å². The van der Waals surface area contributed by atoms with Crippen molar-refractivity contribution in [3.05, 3.63) is 34.3 Å². The number of carbonyl (C=O) groups excluding carboxylic acids is 1. The van der Waals surface area contributed by atoms with Crippen molar-refractivity contribution in [3.8, 4) is 0 Å². The van der Waals surface area contributed by atoms with E-state index in [9.17, 15) is 4.79 Å². The van der Waals surface area contributed by atoms with Gasteiger partial charge in [-0.05, 0) is 40.9 Å². The van der Waals surface area contributed by atoms with Gasteiger partial charge in [0.25, 0.3) is 0 Å². The Balaban J connectivity index is 2.29. The van der Waals surface area contributed by atoms with Gasteiger partial charge in [0.2, 0.25) is 0 Å². The highest BCUT2D eigenvalue weighted by molar-refractivity contribution is 9.10. The zero-order chi connectivity index (χ0) is 11.1. The molecule has 0 aromatic carbocycles. The normalized spacial score (nSPS) is 15.6. The molecule has 82 valence electrons. The van der Waals surface area contributed by atoms with Crippen LogP contribution in [0.5, 0.6) is 0 Å². The Morgan fingerprint density at radius 1 is 1.50 bits per heavy atom. The third kappa shape index (κ3) is 1.48. The van der Waals surface area contributed by atoms with Crippen LogP contribution in [0.15, 0.2) is 22.8 Å². The number of halogens is 1. The monoisotopic (exact) mass is 278 g/mol. The molecular formula is C12H11BrN2O. The SMILES string of the molecule is O=CCc1cccc2c(Br)nc(C3CC3)n12. The number of hydrogen-bond acceptors (Lipinski definition) is 2. The summed E-state index contributed by atoms with van der Waals surface area (Å²) in [6, 6.07) is 5.98. The Labute approximate surface area is 102 Å². The van der Waals surface area contributed by atoms with Gasteiger partial charge in [0.1, 0.15) is 16.7 Å². The fraction of sp³-hybridized carbons (Fsp3) is 0.333. The molecule has 4 heteroatoms. The Hall–Kier alpha value is -1.16. The van der Waals surface area contributed by atoms with Crippen LogP contribution in [0.1, 0.15) is 30.3 Å². The third-order valence-corrected chi connectivity index (χ3v) is 3.54. The van der Waals surface area contributed by atoms with Crippen LogP contribution in [0.3, 0.4) is 0 Å². The van der Waals surface area contributed by atoms with Gasteiger partial charge in [-0.1, -0.05) is 6.07 Å². The first kappa shape index (κ1) is 10.0. The molecule has 16 heavy (non-hydrogen) atoms. The topological polar surface area (TPSA) is 34.4 Å². The van der Waals surface area contributed by atoms with Crippen molar-refractivity contribution in [1.82, 2.24) is 9.38 Å². The summed E-state index contributed by atoms with van der Waals surface area (Å²) in [6.45, 7) is 0. The average Bonchev–Trinajstić information content (AvgIpc) is 3.06. The lowest BCUT2D eigenvalue weighted by atomic mass is 10.2. The maximum atomic E-state index is 10.7. The van der Waals surface area contributed by atoms with Crippen molar-refractivity contribution in [3.63, 3.8) is 0 Å². The van der Waals surface area contributed by atoms with Gasteiger partial charge in [-0.15, -0.1) is 0 Å². The number of nitrogens with zero attached hydrogens (tertiary/aromatic N) is 2. The molecule has 1 aliphatic rings. The van der Waals surface area contributed by atoms with E-state index in [1.54, 1.807) is 0 Å². The smallest absolute Gasteiger partial charge is 0.132 e. The third-order valence-electron chi connectivity index (χ3n) is 2.96. The van der Waals surface area contributed by atoms with E-state index >= 15 is 0 Å². The Bertz CT molecular complexity index is 557. The van der Waals surface area contributed by atoms with Crippen molar-refractivity contribution < 1.29 is 4.79 Å². The van der Waals surface area contributed by atoms with Crippen LogP contribution in [0, 0.1) is 0 Å². The van der Waals surface area contributed by atoms with E-state index in [1.165, 1.54) is 12.8 Å². The van der Waals surface area contributed by atoms with E-state index in [0.717, 1.165) is 27.9 Å². The zero-order valence-electron chi connectivity index (χ0n) is 8.69. The lowest BCUT2D eigenvalue weighted by Crippen LogP contribution is -2.01. The number of pyridine rings is 1. The van der Waals surface area contributed by atoms with Crippen molar-refractivity contribution in [1.29, 1.82) is 0 Å². The molecule has 3 nitrogen and oxygen atoms in total. The highest BCUT2D eigenvalue weighted by atomic mass is 79.9. The highest BCUT2D eigenvalue weighted by Crippen LogP contribution is 2.41. The Kier molecular flexibility index (Phi) is 2.32. The van der Waals surface area contributed by atoms with Crippen molar-refractivity contribution in [2.45, 2.75) is 25.2 Å². The van der Waals surface area contributed by atoms with Gasteiger partial charge in [0.05, 0.1) is 5.52 Å². The Morgan fingerprint density at radius 2 is 2.31 bits per heavy atom. The fourth-order valence-electron chi connectivity index (χ4n) is 2.05. The lowest BCUT2D eigenvalue weighted by molar-refractivity contribution is -0.107. The number of aldehydes is 1. The summed E-state index contributed by atoms with van der Waals surface area (Å²) in [5.41, 5.74) is 2.08. The van der Waals surface area contributed by atoms with Crippen LogP contribution in [0.25, 0.3) is 5.52 Å². The van der Waals surface area contributed by atoms with Gasteiger partial charge in [-0.3, -0.25) is 4.40 Å². The van der Waals surface area contributed by atoms with Crippen molar-refractivity contribution in [2.24, 2.45) is 0 Å². The summed E-state index contributed by atoms with van der Waals surface area (Å²) < 4.78 is 3.00. The first-order valence-corrected chi connectivity index (χ1v) is 6.20. The lowest BCUT2D eigenvalue weighted by Gasteiger charge is -2.05. The van der Waals surface area contributed by atoms with Gasteiger partial charge < -0.3 is 4.79 Å². The number of carbonyl (C=O) groups is 1. The number of aromatic nitrogens is 2. The number of fused-ring (bicyclic) bond motifs is 1. The molecule has 2 heterocycles. The van der Waals surface area contributed by atoms with E-state index in [0.29, 0.717) is 12.3 Å². The minimum Gasteiger partial charge on any atom is -0.303 e. The molecule has 2 aromatic rings. The summed E-state index contributed by atoms with van der Waals surface area (Å²) in [4.78, 5) is 15.2. The molecule has 0 radical (unpaired) electrons.